The lowest BCUT2D eigenvalue weighted by molar-refractivity contribution is -0.142. The summed E-state index contributed by atoms with van der Waals surface area (Å²) < 4.78 is 41.2. The van der Waals surface area contributed by atoms with Crippen LogP contribution in [-0.4, -0.2) is 72.9 Å². The zero-order valence-corrected chi connectivity index (χ0v) is 22.5. The Balaban J connectivity index is 1.59. The maximum atomic E-state index is 14.3. The first-order valence-electron chi connectivity index (χ1n) is 12.7. The summed E-state index contributed by atoms with van der Waals surface area (Å²) in [5.41, 5.74) is 11.6. The maximum Gasteiger partial charge on any atom is 0.326 e. The minimum atomic E-state index is -4.17. The number of unbranched alkanes of at least 4 members (excludes halogenated alkanes) is 1. The first kappa shape index (κ1) is 30.5. The van der Waals surface area contributed by atoms with Gasteiger partial charge in [-0.1, -0.05) is 30.3 Å². The quantitative estimate of drug-likeness (QED) is 0.132. The molecule has 2 amide bonds. The molecule has 1 aliphatic rings. The van der Waals surface area contributed by atoms with Crippen LogP contribution in [0.1, 0.15) is 31.2 Å². The van der Waals surface area contributed by atoms with Gasteiger partial charge in [0.15, 0.2) is 5.96 Å². The minimum Gasteiger partial charge on any atom is -0.480 e. The number of carboxylic acid groups (broad SMARTS) is 1. The molecule has 14 heteroatoms. The van der Waals surface area contributed by atoms with Crippen LogP contribution in [0.25, 0.3) is 0 Å². The number of carbonyl (C=O) groups is 3. The van der Waals surface area contributed by atoms with E-state index in [0.29, 0.717) is 30.6 Å². The van der Waals surface area contributed by atoms with Crippen molar-refractivity contribution in [3.05, 3.63) is 60.2 Å². The molecule has 0 unspecified atom stereocenters. The van der Waals surface area contributed by atoms with Gasteiger partial charge in [-0.05, 0) is 42.7 Å². The lowest BCUT2D eigenvalue weighted by Gasteiger charge is -2.24. The molecule has 7 N–H and O–H groups in total. The lowest BCUT2D eigenvalue weighted by atomic mass is 10.0. The van der Waals surface area contributed by atoms with E-state index >= 15 is 0 Å². The van der Waals surface area contributed by atoms with Crippen molar-refractivity contribution in [3.63, 3.8) is 0 Å². The molecule has 1 fully saturated rings. The number of nitrogens with zero attached hydrogens (tertiary/aromatic N) is 2. The molecular formula is C26H33FN6O6S. The van der Waals surface area contributed by atoms with E-state index in [0.717, 1.165) is 4.31 Å². The van der Waals surface area contributed by atoms with Crippen molar-refractivity contribution in [1.82, 2.24) is 9.62 Å². The molecule has 3 rings (SSSR count). The Morgan fingerprint density at radius 1 is 1.07 bits per heavy atom. The van der Waals surface area contributed by atoms with Crippen molar-refractivity contribution in [2.75, 3.05) is 18.4 Å². The summed E-state index contributed by atoms with van der Waals surface area (Å²) in [6.07, 6.45) is -0.556. The van der Waals surface area contributed by atoms with E-state index in [9.17, 15) is 32.3 Å². The van der Waals surface area contributed by atoms with Gasteiger partial charge in [0, 0.05) is 38.0 Å². The highest BCUT2D eigenvalue weighted by atomic mass is 32.2. The number of nitrogens with two attached hydrogens (primary N) is 2. The molecule has 2 aromatic rings. The Morgan fingerprint density at radius 3 is 2.38 bits per heavy atom. The number of halogens is 1. The van der Waals surface area contributed by atoms with Crippen LogP contribution >= 0.6 is 0 Å². The van der Waals surface area contributed by atoms with Crippen LogP contribution in [0, 0.1) is 0 Å². The van der Waals surface area contributed by atoms with Gasteiger partial charge in [-0.25, -0.2) is 17.6 Å². The number of benzene rings is 2. The fraction of sp³-hybridized carbons (Fsp3) is 0.385. The Labute approximate surface area is 231 Å². The number of alkyl halides is 1. The normalized spacial score (nSPS) is 18.0. The molecule has 0 spiro atoms. The first-order chi connectivity index (χ1) is 19.0. The van der Waals surface area contributed by atoms with Crippen LogP contribution in [0.4, 0.5) is 10.1 Å². The fourth-order valence-electron chi connectivity index (χ4n) is 4.25. The average Bonchev–Trinajstić information content (AvgIpc) is 3.32. The molecule has 0 saturated carbocycles. The number of hydrogen-bond donors (Lipinski definition) is 5. The van der Waals surface area contributed by atoms with Gasteiger partial charge in [-0.2, -0.15) is 4.31 Å². The molecular weight excluding hydrogens is 543 g/mol. The number of aliphatic imine (C=N–C) groups is 1. The number of carbonyl (C=O) groups excluding carboxylic acids is 2. The Hall–Kier alpha value is -4.04. The predicted molar refractivity (Wildman–Crippen MR) is 147 cm³/mol. The van der Waals surface area contributed by atoms with Gasteiger partial charge in [-0.15, -0.1) is 0 Å². The second kappa shape index (κ2) is 13.8. The Morgan fingerprint density at radius 2 is 1.75 bits per heavy atom. The third-order valence-electron chi connectivity index (χ3n) is 6.26. The number of guanidine groups is 1. The molecule has 1 aliphatic heterocycles. The van der Waals surface area contributed by atoms with Crippen LogP contribution in [0.15, 0.2) is 64.5 Å². The smallest absolute Gasteiger partial charge is 0.326 e. The number of carboxylic acids is 1. The van der Waals surface area contributed by atoms with Crippen LogP contribution in [0.5, 0.6) is 0 Å². The number of aliphatic carboxylic acids is 1. The number of amides is 2. The van der Waals surface area contributed by atoms with E-state index < -0.39 is 46.7 Å². The van der Waals surface area contributed by atoms with Gasteiger partial charge in [0.2, 0.25) is 21.8 Å². The van der Waals surface area contributed by atoms with E-state index in [1.54, 1.807) is 30.3 Å². The lowest BCUT2D eigenvalue weighted by Crippen LogP contribution is -2.51. The molecule has 0 aromatic heterocycles. The molecule has 0 aliphatic carbocycles. The van der Waals surface area contributed by atoms with Crippen LogP contribution in [0.2, 0.25) is 0 Å². The summed E-state index contributed by atoms with van der Waals surface area (Å²) in [5, 5.41) is 14.8. The van der Waals surface area contributed by atoms with E-state index in [1.165, 1.54) is 24.3 Å². The monoisotopic (exact) mass is 576 g/mol. The Kier molecular flexibility index (Phi) is 10.6. The number of nitrogens with one attached hydrogen (secondary N) is 2. The number of hydrogen-bond acceptors (Lipinski definition) is 6. The second-order valence-corrected chi connectivity index (χ2v) is 11.2. The molecule has 12 nitrogen and oxygen atoms in total. The molecule has 3 atom stereocenters. The van der Waals surface area contributed by atoms with E-state index in [-0.39, 0.29) is 36.0 Å². The van der Waals surface area contributed by atoms with Gasteiger partial charge in [-0.3, -0.25) is 14.6 Å². The van der Waals surface area contributed by atoms with Gasteiger partial charge in [0.05, 0.1) is 4.90 Å². The van der Waals surface area contributed by atoms with E-state index in [1.807, 2.05) is 0 Å². The minimum absolute atomic E-state index is 0.000782. The molecule has 0 radical (unpaired) electrons. The molecule has 40 heavy (non-hydrogen) atoms. The maximum absolute atomic E-state index is 14.3. The van der Waals surface area contributed by atoms with Crippen molar-refractivity contribution in [1.29, 1.82) is 0 Å². The zero-order chi connectivity index (χ0) is 29.3. The summed E-state index contributed by atoms with van der Waals surface area (Å²) in [4.78, 5) is 40.8. The highest BCUT2D eigenvalue weighted by Gasteiger charge is 2.44. The highest BCUT2D eigenvalue weighted by Crippen LogP contribution is 2.28. The van der Waals surface area contributed by atoms with E-state index in [4.69, 9.17) is 11.5 Å². The standard InChI is InChI=1S/C26H33FN6O6S/c27-18-15-22(33(16-18)40(38,39)20-6-2-1-3-7-20)24(35)32-21(25(36)37)14-17-9-11-19(12-10-17)31-23(34)8-4-5-13-30-26(28)29/h1-3,6-7,9-12,18,21-22H,4-5,8,13-16H2,(H,31,34)(H,32,35)(H,36,37)(H4,28,29,30)/t18-,21-,22-/m0/s1. The van der Waals surface area contributed by atoms with Gasteiger partial charge in [0.25, 0.3) is 0 Å². The number of sulfonamides is 1. The zero-order valence-electron chi connectivity index (χ0n) is 21.7. The summed E-state index contributed by atoms with van der Waals surface area (Å²) in [5.74, 6) is -2.43. The van der Waals surface area contributed by atoms with Crippen molar-refractivity contribution in [2.45, 2.75) is 55.3 Å². The highest BCUT2D eigenvalue weighted by molar-refractivity contribution is 7.89. The predicted octanol–water partition coefficient (Wildman–Crippen LogP) is 0.982. The summed E-state index contributed by atoms with van der Waals surface area (Å²) in [7, 11) is -4.17. The van der Waals surface area contributed by atoms with Gasteiger partial charge < -0.3 is 27.2 Å². The van der Waals surface area contributed by atoms with Gasteiger partial charge >= 0.3 is 5.97 Å². The van der Waals surface area contributed by atoms with Crippen LogP contribution in [-0.2, 0) is 30.8 Å². The first-order valence-corrected chi connectivity index (χ1v) is 14.1. The molecule has 1 heterocycles. The SMILES string of the molecule is NC(N)=NCCCCC(=O)Nc1ccc(C[C@H](NC(=O)[C@@H]2C[C@H](F)CN2S(=O)(=O)c2ccccc2)C(=O)O)cc1. The summed E-state index contributed by atoms with van der Waals surface area (Å²) in [6, 6.07) is 11.0. The molecule has 0 bridgehead atoms. The van der Waals surface area contributed by atoms with Crippen molar-refractivity contribution < 1.29 is 32.3 Å². The fourth-order valence-corrected chi connectivity index (χ4v) is 5.89. The summed E-state index contributed by atoms with van der Waals surface area (Å²) in [6.45, 7) is -0.0714. The average molecular weight is 577 g/mol. The third-order valence-corrected chi connectivity index (χ3v) is 8.14. The topological polar surface area (TPSA) is 197 Å². The van der Waals surface area contributed by atoms with E-state index in [2.05, 4.69) is 15.6 Å². The van der Waals surface area contributed by atoms with Gasteiger partial charge in [0.1, 0.15) is 18.3 Å². The second-order valence-electron chi connectivity index (χ2n) is 9.35. The largest absolute Gasteiger partial charge is 0.480 e. The molecule has 216 valence electrons. The molecule has 1 saturated heterocycles. The number of anilines is 1. The molecule has 2 aromatic carbocycles. The van der Waals surface area contributed by atoms with Crippen molar-refractivity contribution in [3.8, 4) is 0 Å². The summed E-state index contributed by atoms with van der Waals surface area (Å²) >= 11 is 0. The van der Waals surface area contributed by atoms with Crippen LogP contribution < -0.4 is 22.1 Å². The van der Waals surface area contributed by atoms with Crippen LogP contribution in [0.3, 0.4) is 0 Å². The number of rotatable bonds is 13. The van der Waals surface area contributed by atoms with Crippen molar-refractivity contribution >= 4 is 39.5 Å². The Bertz CT molecular complexity index is 1320. The third kappa shape index (κ3) is 8.48. The van der Waals surface area contributed by atoms with Crippen molar-refractivity contribution in [2.24, 2.45) is 16.5 Å².